The number of aromatic nitrogens is 2. The van der Waals surface area contributed by atoms with Gasteiger partial charge in [0, 0.05) is 22.8 Å². The van der Waals surface area contributed by atoms with Crippen LogP contribution in [0.2, 0.25) is 5.02 Å². The molecule has 0 aliphatic carbocycles. The van der Waals surface area contributed by atoms with E-state index in [0.717, 1.165) is 5.56 Å². The van der Waals surface area contributed by atoms with Gasteiger partial charge in [0.05, 0.1) is 5.76 Å². The van der Waals surface area contributed by atoms with Gasteiger partial charge in [-0.1, -0.05) is 29.9 Å². The van der Waals surface area contributed by atoms with E-state index in [0.29, 0.717) is 28.3 Å². The van der Waals surface area contributed by atoms with Crippen LogP contribution in [0.15, 0.2) is 46.2 Å². The maximum Gasteiger partial charge on any atom is 0.276 e. The summed E-state index contributed by atoms with van der Waals surface area (Å²) in [6.07, 6.45) is 0.503. The summed E-state index contributed by atoms with van der Waals surface area (Å²) in [4.78, 5) is 0. The quantitative estimate of drug-likeness (QED) is 0.665. The zero-order chi connectivity index (χ0) is 13.0. The van der Waals surface area contributed by atoms with E-state index in [9.17, 15) is 0 Å². The highest BCUT2D eigenvalue weighted by Crippen LogP contribution is 2.24. The summed E-state index contributed by atoms with van der Waals surface area (Å²) in [5.41, 5.74) is 0.824. The average molecular weight is 283 g/mol. The van der Waals surface area contributed by atoms with Crippen LogP contribution in [0.5, 0.6) is 0 Å². The van der Waals surface area contributed by atoms with Crippen molar-refractivity contribution in [2.75, 3.05) is 5.75 Å². The van der Waals surface area contributed by atoms with Crippen LogP contribution in [-0.4, -0.2) is 21.1 Å². The SMILES string of the molecule is C=C(O)CCSc1nnc(-c2ccc(Cl)cc2)o1. The van der Waals surface area contributed by atoms with E-state index in [1.54, 1.807) is 12.1 Å². The maximum atomic E-state index is 8.95. The molecule has 1 N–H and O–H groups in total. The first-order chi connectivity index (χ1) is 8.65. The number of hydrogen-bond donors (Lipinski definition) is 1. The zero-order valence-electron chi connectivity index (χ0n) is 9.47. The van der Waals surface area contributed by atoms with Crippen molar-refractivity contribution in [3.63, 3.8) is 0 Å². The van der Waals surface area contributed by atoms with Crippen molar-refractivity contribution in [2.24, 2.45) is 0 Å². The fourth-order valence-corrected chi connectivity index (χ4v) is 2.11. The molecule has 94 valence electrons. The summed E-state index contributed by atoms with van der Waals surface area (Å²) < 4.78 is 5.48. The molecule has 0 radical (unpaired) electrons. The Morgan fingerprint density at radius 2 is 2.06 bits per heavy atom. The van der Waals surface area contributed by atoms with E-state index in [1.807, 2.05) is 12.1 Å². The molecule has 18 heavy (non-hydrogen) atoms. The second kappa shape index (κ2) is 5.93. The number of aliphatic hydroxyl groups excluding tert-OH is 1. The Bertz CT molecular complexity index is 539. The minimum absolute atomic E-state index is 0.153. The molecule has 1 heterocycles. The van der Waals surface area contributed by atoms with Crippen molar-refractivity contribution in [1.29, 1.82) is 0 Å². The summed E-state index contributed by atoms with van der Waals surface area (Å²) in [6.45, 7) is 3.41. The number of thioether (sulfide) groups is 1. The van der Waals surface area contributed by atoms with E-state index in [-0.39, 0.29) is 5.76 Å². The Morgan fingerprint density at radius 3 is 2.72 bits per heavy atom. The number of nitrogens with zero attached hydrogens (tertiary/aromatic N) is 2. The first kappa shape index (κ1) is 13.0. The van der Waals surface area contributed by atoms with Gasteiger partial charge >= 0.3 is 0 Å². The first-order valence-electron chi connectivity index (χ1n) is 5.24. The number of halogens is 1. The van der Waals surface area contributed by atoms with Gasteiger partial charge in [0.1, 0.15) is 0 Å². The predicted octanol–water partition coefficient (Wildman–Crippen LogP) is 3.94. The van der Waals surface area contributed by atoms with Gasteiger partial charge in [-0.25, -0.2) is 0 Å². The number of benzene rings is 1. The lowest BCUT2D eigenvalue weighted by molar-refractivity contribution is 0.398. The molecule has 0 saturated heterocycles. The molecule has 0 unspecified atom stereocenters. The molecule has 0 aliphatic rings. The number of allylic oxidation sites excluding steroid dienone is 1. The standard InChI is InChI=1S/C12H11ClN2O2S/c1-8(16)6-7-18-12-15-14-11(17-12)9-2-4-10(13)5-3-9/h2-5,16H,1,6-7H2. The maximum absolute atomic E-state index is 8.95. The normalized spacial score (nSPS) is 10.5. The number of hydrogen-bond acceptors (Lipinski definition) is 5. The molecule has 6 heteroatoms. The molecule has 2 aromatic rings. The summed E-state index contributed by atoms with van der Waals surface area (Å²) in [5.74, 6) is 1.26. The first-order valence-corrected chi connectivity index (χ1v) is 6.60. The van der Waals surface area contributed by atoms with Crippen molar-refractivity contribution < 1.29 is 9.52 Å². The van der Waals surface area contributed by atoms with E-state index >= 15 is 0 Å². The largest absolute Gasteiger partial charge is 0.513 e. The molecule has 0 amide bonds. The molecular weight excluding hydrogens is 272 g/mol. The van der Waals surface area contributed by atoms with Gasteiger partial charge in [-0.2, -0.15) is 0 Å². The van der Waals surface area contributed by atoms with E-state index in [1.165, 1.54) is 11.8 Å². The molecule has 1 aromatic carbocycles. The third-order valence-corrected chi connectivity index (χ3v) is 3.19. The Balaban J connectivity index is 2.01. The van der Waals surface area contributed by atoms with Crippen molar-refractivity contribution in [2.45, 2.75) is 11.6 Å². The highest BCUT2D eigenvalue weighted by molar-refractivity contribution is 7.99. The van der Waals surface area contributed by atoms with Crippen LogP contribution in [-0.2, 0) is 0 Å². The second-order valence-electron chi connectivity index (χ2n) is 3.54. The minimum Gasteiger partial charge on any atom is -0.513 e. The second-order valence-corrected chi connectivity index (χ2v) is 5.03. The third-order valence-electron chi connectivity index (χ3n) is 2.11. The molecule has 2 rings (SSSR count). The molecule has 0 bridgehead atoms. The molecule has 0 atom stereocenters. The third kappa shape index (κ3) is 3.51. The Hall–Kier alpha value is -1.46. The summed E-state index contributed by atoms with van der Waals surface area (Å²) >= 11 is 7.18. The fraction of sp³-hybridized carbons (Fsp3) is 0.167. The van der Waals surface area contributed by atoms with Crippen LogP contribution in [0, 0.1) is 0 Å². The van der Waals surface area contributed by atoms with Crippen LogP contribution in [0.3, 0.4) is 0 Å². The fourth-order valence-electron chi connectivity index (χ4n) is 1.23. The molecule has 0 fully saturated rings. The monoisotopic (exact) mass is 282 g/mol. The Kier molecular flexibility index (Phi) is 4.28. The van der Waals surface area contributed by atoms with Crippen LogP contribution >= 0.6 is 23.4 Å². The summed E-state index contributed by atoms with van der Waals surface area (Å²) in [5, 5.41) is 17.9. The van der Waals surface area contributed by atoms with E-state index in [4.69, 9.17) is 21.1 Å². The van der Waals surface area contributed by atoms with Gasteiger partial charge in [-0.15, -0.1) is 10.2 Å². The smallest absolute Gasteiger partial charge is 0.276 e. The van der Waals surface area contributed by atoms with Gasteiger partial charge in [0.25, 0.3) is 5.22 Å². The van der Waals surface area contributed by atoms with Gasteiger partial charge < -0.3 is 9.52 Å². The predicted molar refractivity (Wildman–Crippen MR) is 71.9 cm³/mol. The summed E-state index contributed by atoms with van der Waals surface area (Å²) in [6, 6.07) is 7.17. The van der Waals surface area contributed by atoms with Gasteiger partial charge in [-0.3, -0.25) is 0 Å². The lowest BCUT2D eigenvalue weighted by Crippen LogP contribution is -1.82. The molecular formula is C12H11ClN2O2S. The van der Waals surface area contributed by atoms with E-state index < -0.39 is 0 Å². The minimum atomic E-state index is 0.153. The van der Waals surface area contributed by atoms with Crippen LogP contribution in [0.25, 0.3) is 11.5 Å². The van der Waals surface area contributed by atoms with Gasteiger partial charge in [-0.05, 0) is 24.3 Å². The van der Waals surface area contributed by atoms with Crippen LogP contribution in [0.4, 0.5) is 0 Å². The average Bonchev–Trinajstić information content (AvgIpc) is 2.78. The number of rotatable bonds is 5. The molecule has 4 nitrogen and oxygen atoms in total. The van der Waals surface area contributed by atoms with Crippen molar-refractivity contribution in [3.05, 3.63) is 41.6 Å². The summed E-state index contributed by atoms with van der Waals surface area (Å²) in [7, 11) is 0. The Labute approximate surface area is 114 Å². The van der Waals surface area contributed by atoms with Crippen LogP contribution < -0.4 is 0 Å². The van der Waals surface area contributed by atoms with Crippen molar-refractivity contribution in [3.8, 4) is 11.5 Å². The molecule has 0 saturated carbocycles. The molecule has 0 spiro atoms. The highest BCUT2D eigenvalue weighted by atomic mass is 35.5. The van der Waals surface area contributed by atoms with Crippen molar-refractivity contribution in [1.82, 2.24) is 10.2 Å². The topological polar surface area (TPSA) is 59.2 Å². The van der Waals surface area contributed by atoms with Gasteiger partial charge in [0.2, 0.25) is 5.89 Å². The van der Waals surface area contributed by atoms with Crippen LogP contribution in [0.1, 0.15) is 6.42 Å². The highest BCUT2D eigenvalue weighted by Gasteiger charge is 2.08. The lowest BCUT2D eigenvalue weighted by atomic mass is 10.2. The Morgan fingerprint density at radius 1 is 1.33 bits per heavy atom. The van der Waals surface area contributed by atoms with Crippen molar-refractivity contribution >= 4 is 23.4 Å². The molecule has 1 aromatic heterocycles. The molecule has 0 aliphatic heterocycles. The van der Waals surface area contributed by atoms with E-state index in [2.05, 4.69) is 16.8 Å². The van der Waals surface area contributed by atoms with Gasteiger partial charge in [0.15, 0.2) is 0 Å². The number of aliphatic hydroxyl groups is 1. The lowest BCUT2D eigenvalue weighted by Gasteiger charge is -1.95. The zero-order valence-corrected chi connectivity index (χ0v) is 11.0.